The number of nitrogens with zero attached hydrogens (tertiary/aromatic N) is 1. The van der Waals surface area contributed by atoms with Gasteiger partial charge in [-0.25, -0.2) is 4.79 Å². The van der Waals surface area contributed by atoms with E-state index in [0.29, 0.717) is 17.1 Å². The monoisotopic (exact) mass is 416 g/mol. The fraction of sp³-hybridized carbons (Fsp3) is 0.240. The van der Waals surface area contributed by atoms with Crippen molar-refractivity contribution in [2.24, 2.45) is 0 Å². The molecule has 0 spiro atoms. The van der Waals surface area contributed by atoms with Crippen molar-refractivity contribution in [2.45, 2.75) is 19.9 Å². The van der Waals surface area contributed by atoms with E-state index < -0.39 is 0 Å². The van der Waals surface area contributed by atoms with Gasteiger partial charge < -0.3 is 23.8 Å². The Labute approximate surface area is 180 Å². The molecule has 0 atom stereocenters. The molecule has 1 aliphatic heterocycles. The van der Waals surface area contributed by atoms with Crippen LogP contribution in [0.5, 0.6) is 11.5 Å². The highest BCUT2D eigenvalue weighted by molar-refractivity contribution is 6.09. The zero-order chi connectivity index (χ0) is 21.7. The number of hydrogen-bond acceptors (Lipinski definition) is 4. The number of rotatable bonds is 4. The number of carbonyl (C=O) groups is 1. The van der Waals surface area contributed by atoms with Crippen LogP contribution in [0, 0.1) is 6.92 Å². The van der Waals surface area contributed by atoms with Crippen LogP contribution < -0.4 is 9.47 Å². The molecule has 2 aromatic heterocycles. The highest BCUT2D eigenvalue weighted by atomic mass is 16.5. The molecule has 5 rings (SSSR count). The predicted molar refractivity (Wildman–Crippen MR) is 120 cm³/mol. The van der Waals surface area contributed by atoms with Crippen molar-refractivity contribution in [1.82, 2.24) is 9.55 Å². The molecule has 3 heterocycles. The molecule has 0 saturated carbocycles. The first kappa shape index (κ1) is 19.3. The molecule has 4 aromatic rings. The summed E-state index contributed by atoms with van der Waals surface area (Å²) in [5.74, 6) is 0.982. The molecular weight excluding hydrogens is 392 g/mol. The third kappa shape index (κ3) is 2.75. The third-order valence-corrected chi connectivity index (χ3v) is 6.25. The summed E-state index contributed by atoms with van der Waals surface area (Å²) in [7, 11) is 4.69. The van der Waals surface area contributed by atoms with E-state index in [-0.39, 0.29) is 5.97 Å². The highest BCUT2D eigenvalue weighted by Gasteiger charge is 2.32. The number of aromatic nitrogens is 2. The van der Waals surface area contributed by atoms with Gasteiger partial charge in [-0.1, -0.05) is 12.1 Å². The fourth-order valence-corrected chi connectivity index (χ4v) is 4.81. The van der Waals surface area contributed by atoms with Gasteiger partial charge in [-0.15, -0.1) is 0 Å². The van der Waals surface area contributed by atoms with Gasteiger partial charge in [-0.05, 0) is 48.7 Å². The first-order valence-electron chi connectivity index (χ1n) is 10.2. The summed E-state index contributed by atoms with van der Waals surface area (Å²) in [6, 6.07) is 12.1. The van der Waals surface area contributed by atoms with Gasteiger partial charge in [0.05, 0.1) is 32.6 Å². The third-order valence-electron chi connectivity index (χ3n) is 6.25. The molecule has 6 nitrogen and oxygen atoms in total. The number of aromatic amines is 1. The number of hydrogen-bond donors (Lipinski definition) is 1. The number of methoxy groups -OCH3 is 3. The van der Waals surface area contributed by atoms with Crippen LogP contribution in [0.1, 0.15) is 21.6 Å². The zero-order valence-electron chi connectivity index (χ0n) is 18.0. The van der Waals surface area contributed by atoms with Gasteiger partial charge in [-0.3, -0.25) is 0 Å². The van der Waals surface area contributed by atoms with E-state index >= 15 is 0 Å². The minimum Gasteiger partial charge on any atom is -0.493 e. The normalized spacial score (nSPS) is 12.4. The average Bonchev–Trinajstić information content (AvgIpc) is 3.40. The Hall–Kier alpha value is -3.67. The largest absolute Gasteiger partial charge is 0.493 e. The maximum absolute atomic E-state index is 13.2. The second-order valence-corrected chi connectivity index (χ2v) is 7.69. The number of carbonyl (C=O) groups excluding carboxylic acids is 1. The van der Waals surface area contributed by atoms with Crippen molar-refractivity contribution >= 4 is 16.9 Å². The quantitative estimate of drug-likeness (QED) is 0.477. The SMILES string of the molecule is COC(=O)c1c(-c2cccc3[nH]ccc23)c(C)n2c1-c1cc(OC)c(OC)cc1CC2. The van der Waals surface area contributed by atoms with E-state index in [0.717, 1.165) is 57.5 Å². The molecule has 0 bridgehead atoms. The van der Waals surface area contributed by atoms with Crippen LogP contribution in [-0.4, -0.2) is 36.8 Å². The van der Waals surface area contributed by atoms with E-state index in [2.05, 4.69) is 22.5 Å². The lowest BCUT2D eigenvalue weighted by molar-refractivity contribution is 0.0602. The van der Waals surface area contributed by atoms with Crippen LogP contribution in [0.3, 0.4) is 0 Å². The number of aryl methyl sites for hydroxylation is 1. The lowest BCUT2D eigenvalue weighted by Gasteiger charge is -2.23. The Kier molecular flexibility index (Phi) is 4.50. The smallest absolute Gasteiger partial charge is 0.340 e. The van der Waals surface area contributed by atoms with Gasteiger partial charge in [0.15, 0.2) is 11.5 Å². The van der Waals surface area contributed by atoms with E-state index in [1.54, 1.807) is 14.2 Å². The molecule has 0 amide bonds. The molecule has 0 aliphatic carbocycles. The molecule has 31 heavy (non-hydrogen) atoms. The molecule has 1 N–H and O–H groups in total. The van der Waals surface area contributed by atoms with Crippen molar-refractivity contribution in [2.75, 3.05) is 21.3 Å². The van der Waals surface area contributed by atoms with E-state index in [4.69, 9.17) is 14.2 Å². The number of esters is 1. The van der Waals surface area contributed by atoms with Crippen LogP contribution in [0.15, 0.2) is 42.6 Å². The molecule has 158 valence electrons. The number of nitrogens with one attached hydrogen (secondary N) is 1. The number of fused-ring (bicyclic) bond motifs is 4. The lowest BCUT2D eigenvalue weighted by Crippen LogP contribution is -2.14. The van der Waals surface area contributed by atoms with Gasteiger partial charge in [0.1, 0.15) is 0 Å². The van der Waals surface area contributed by atoms with Gasteiger partial charge in [0.2, 0.25) is 0 Å². The summed E-state index contributed by atoms with van der Waals surface area (Å²) in [6.45, 7) is 2.85. The Morgan fingerprint density at radius 2 is 1.81 bits per heavy atom. The maximum Gasteiger partial charge on any atom is 0.340 e. The minimum absolute atomic E-state index is 0.345. The minimum atomic E-state index is -0.345. The van der Waals surface area contributed by atoms with Crippen molar-refractivity contribution in [3.63, 3.8) is 0 Å². The Morgan fingerprint density at radius 3 is 2.55 bits per heavy atom. The standard InChI is InChI=1S/C25H24N2O4/c1-14-22(17-6-5-7-19-16(17)8-10-26-19)23(25(28)31-4)24-18-13-21(30-3)20(29-2)12-15(18)9-11-27(14)24/h5-8,10,12-13,26H,9,11H2,1-4H3. The summed E-state index contributed by atoms with van der Waals surface area (Å²) in [6.07, 6.45) is 2.76. The van der Waals surface area contributed by atoms with Crippen molar-refractivity contribution in [1.29, 1.82) is 0 Å². The fourth-order valence-electron chi connectivity index (χ4n) is 4.81. The van der Waals surface area contributed by atoms with Gasteiger partial charge in [-0.2, -0.15) is 0 Å². The van der Waals surface area contributed by atoms with E-state index in [9.17, 15) is 4.79 Å². The number of ether oxygens (including phenoxy) is 3. The predicted octanol–water partition coefficient (Wildman–Crippen LogP) is 4.97. The topological polar surface area (TPSA) is 65.5 Å². The van der Waals surface area contributed by atoms with E-state index in [1.165, 1.54) is 7.11 Å². The average molecular weight is 416 g/mol. The van der Waals surface area contributed by atoms with Crippen LogP contribution in [0.2, 0.25) is 0 Å². The van der Waals surface area contributed by atoms with Crippen LogP contribution in [0.4, 0.5) is 0 Å². The van der Waals surface area contributed by atoms with Crippen molar-refractivity contribution in [3.05, 3.63) is 59.4 Å². The number of benzene rings is 2. The highest BCUT2D eigenvalue weighted by Crippen LogP contribution is 2.46. The van der Waals surface area contributed by atoms with Crippen molar-refractivity contribution < 1.29 is 19.0 Å². The van der Waals surface area contributed by atoms with Crippen LogP contribution in [0.25, 0.3) is 33.3 Å². The number of H-pyrrole nitrogens is 1. The van der Waals surface area contributed by atoms with Crippen LogP contribution in [-0.2, 0) is 17.7 Å². The second-order valence-electron chi connectivity index (χ2n) is 7.69. The van der Waals surface area contributed by atoms with Crippen molar-refractivity contribution in [3.8, 4) is 33.9 Å². The lowest BCUT2D eigenvalue weighted by atomic mass is 9.92. The Bertz CT molecular complexity index is 1330. The molecule has 0 saturated heterocycles. The molecule has 0 fully saturated rings. The maximum atomic E-state index is 13.2. The molecule has 0 radical (unpaired) electrons. The first-order chi connectivity index (χ1) is 15.1. The Balaban J connectivity index is 1.87. The molecular formula is C25H24N2O4. The van der Waals surface area contributed by atoms with Gasteiger partial charge >= 0.3 is 5.97 Å². The molecule has 0 unspecified atom stereocenters. The molecule has 2 aromatic carbocycles. The summed E-state index contributed by atoms with van der Waals surface area (Å²) >= 11 is 0. The first-order valence-corrected chi connectivity index (χ1v) is 10.2. The summed E-state index contributed by atoms with van der Waals surface area (Å²) < 4.78 is 18.6. The summed E-state index contributed by atoms with van der Waals surface area (Å²) in [4.78, 5) is 16.4. The zero-order valence-corrected chi connectivity index (χ0v) is 18.0. The van der Waals surface area contributed by atoms with E-state index in [1.807, 2.05) is 36.5 Å². The summed E-state index contributed by atoms with van der Waals surface area (Å²) in [5.41, 5.74) is 7.55. The van der Waals surface area contributed by atoms with Crippen LogP contribution >= 0.6 is 0 Å². The van der Waals surface area contributed by atoms with Gasteiger partial charge in [0.25, 0.3) is 0 Å². The molecule has 6 heteroatoms. The molecule has 1 aliphatic rings. The Morgan fingerprint density at radius 1 is 1.03 bits per heavy atom. The second kappa shape index (κ2) is 7.23. The summed E-state index contributed by atoms with van der Waals surface area (Å²) in [5, 5.41) is 1.08. The van der Waals surface area contributed by atoms with Gasteiger partial charge in [0, 0.05) is 40.5 Å².